The Bertz CT molecular complexity index is 827. The zero-order chi connectivity index (χ0) is 22.1. The highest BCUT2D eigenvalue weighted by molar-refractivity contribution is 14.0. The topological polar surface area (TPSA) is 69.1 Å². The van der Waals surface area contributed by atoms with Gasteiger partial charge in [-0.05, 0) is 68.2 Å². The van der Waals surface area contributed by atoms with E-state index in [1.807, 2.05) is 19.1 Å². The summed E-state index contributed by atoms with van der Waals surface area (Å²) in [6.07, 6.45) is 1.66. The third-order valence-electron chi connectivity index (χ3n) is 5.57. The number of nitrogens with zero attached hydrogens (tertiary/aromatic N) is 2. The lowest BCUT2D eigenvalue weighted by Gasteiger charge is -2.27. The van der Waals surface area contributed by atoms with E-state index in [9.17, 15) is 9.50 Å². The summed E-state index contributed by atoms with van der Waals surface area (Å²) >= 11 is 0. The summed E-state index contributed by atoms with van der Waals surface area (Å²) in [6.45, 7) is 5.76. The van der Waals surface area contributed by atoms with E-state index in [0.29, 0.717) is 18.1 Å². The van der Waals surface area contributed by atoms with Crippen molar-refractivity contribution in [3.8, 4) is 5.75 Å². The number of guanidine groups is 1. The van der Waals surface area contributed by atoms with Gasteiger partial charge in [0.15, 0.2) is 5.96 Å². The highest BCUT2D eigenvalue weighted by atomic mass is 127. The van der Waals surface area contributed by atoms with Gasteiger partial charge in [0, 0.05) is 13.1 Å². The summed E-state index contributed by atoms with van der Waals surface area (Å²) in [7, 11) is 1.67. The predicted molar refractivity (Wildman–Crippen MR) is 137 cm³/mol. The predicted octanol–water partition coefficient (Wildman–Crippen LogP) is 3.88. The second-order valence-corrected chi connectivity index (χ2v) is 7.70. The molecule has 1 heterocycles. The zero-order valence-corrected chi connectivity index (χ0v) is 21.1. The first-order valence-corrected chi connectivity index (χ1v) is 10.9. The van der Waals surface area contributed by atoms with Crippen LogP contribution >= 0.6 is 24.0 Å². The first-order chi connectivity index (χ1) is 15.1. The molecule has 2 aromatic carbocycles. The highest BCUT2D eigenvalue weighted by Gasteiger charge is 2.23. The number of hydrogen-bond donors (Lipinski definition) is 3. The SMILES string of the molecule is CCNC(=NCC(c1ccc(OC)cc1)N1CCCC1)NCC(O)c1ccc(F)cc1.I. The molecule has 1 aliphatic rings. The maximum Gasteiger partial charge on any atom is 0.191 e. The van der Waals surface area contributed by atoms with Gasteiger partial charge >= 0.3 is 0 Å². The van der Waals surface area contributed by atoms with Crippen LogP contribution in [0.3, 0.4) is 0 Å². The van der Waals surface area contributed by atoms with E-state index in [4.69, 9.17) is 9.73 Å². The van der Waals surface area contributed by atoms with Crippen molar-refractivity contribution in [3.05, 3.63) is 65.5 Å². The first-order valence-electron chi connectivity index (χ1n) is 10.9. The van der Waals surface area contributed by atoms with Crippen LogP contribution in [0.4, 0.5) is 4.39 Å². The summed E-state index contributed by atoms with van der Waals surface area (Å²) in [4.78, 5) is 7.28. The van der Waals surface area contributed by atoms with Crippen molar-refractivity contribution in [3.63, 3.8) is 0 Å². The maximum atomic E-state index is 13.1. The molecule has 1 saturated heterocycles. The lowest BCUT2D eigenvalue weighted by Crippen LogP contribution is -2.40. The molecule has 0 bridgehead atoms. The van der Waals surface area contributed by atoms with Gasteiger partial charge in [-0.2, -0.15) is 0 Å². The van der Waals surface area contributed by atoms with Crippen molar-refractivity contribution < 1.29 is 14.2 Å². The quantitative estimate of drug-likeness (QED) is 0.249. The van der Waals surface area contributed by atoms with Crippen LogP contribution in [-0.2, 0) is 0 Å². The minimum absolute atomic E-state index is 0. The number of nitrogens with one attached hydrogen (secondary N) is 2. The number of aliphatic hydroxyl groups excluding tert-OH is 1. The summed E-state index contributed by atoms with van der Waals surface area (Å²) < 4.78 is 18.4. The average Bonchev–Trinajstić information content (AvgIpc) is 3.33. The van der Waals surface area contributed by atoms with Crippen LogP contribution in [0.2, 0.25) is 0 Å². The number of aliphatic hydroxyl groups is 1. The van der Waals surface area contributed by atoms with Crippen molar-refractivity contribution in [1.29, 1.82) is 0 Å². The Morgan fingerprint density at radius 1 is 1.06 bits per heavy atom. The molecule has 0 aromatic heterocycles. The van der Waals surface area contributed by atoms with Gasteiger partial charge in [0.1, 0.15) is 11.6 Å². The number of hydrogen-bond acceptors (Lipinski definition) is 4. The molecule has 1 aliphatic heterocycles. The number of benzene rings is 2. The van der Waals surface area contributed by atoms with Gasteiger partial charge in [0.2, 0.25) is 0 Å². The Morgan fingerprint density at radius 2 is 1.69 bits per heavy atom. The van der Waals surface area contributed by atoms with E-state index in [-0.39, 0.29) is 42.4 Å². The Labute approximate surface area is 207 Å². The Kier molecular flexibility index (Phi) is 11.2. The summed E-state index contributed by atoms with van der Waals surface area (Å²) in [5.41, 5.74) is 1.88. The Balaban J connectivity index is 0.00000363. The second kappa shape index (κ2) is 13.6. The molecule has 2 atom stereocenters. The van der Waals surface area contributed by atoms with E-state index in [1.165, 1.54) is 30.5 Å². The smallest absolute Gasteiger partial charge is 0.191 e. The number of halogens is 2. The van der Waals surface area contributed by atoms with Crippen molar-refractivity contribution >= 4 is 29.9 Å². The minimum Gasteiger partial charge on any atom is -0.497 e. The van der Waals surface area contributed by atoms with Crippen LogP contribution in [0.15, 0.2) is 53.5 Å². The number of ether oxygens (including phenoxy) is 1. The molecule has 1 fully saturated rings. The third-order valence-corrected chi connectivity index (χ3v) is 5.57. The summed E-state index contributed by atoms with van der Waals surface area (Å²) in [5.74, 6) is 1.18. The number of likely N-dealkylation sites (tertiary alicyclic amines) is 1. The fourth-order valence-electron chi connectivity index (χ4n) is 3.83. The van der Waals surface area contributed by atoms with Crippen molar-refractivity contribution in [1.82, 2.24) is 15.5 Å². The van der Waals surface area contributed by atoms with Gasteiger partial charge in [0.05, 0.1) is 25.8 Å². The zero-order valence-electron chi connectivity index (χ0n) is 18.8. The lowest BCUT2D eigenvalue weighted by atomic mass is 10.1. The van der Waals surface area contributed by atoms with Gasteiger partial charge in [-0.15, -0.1) is 24.0 Å². The molecule has 3 rings (SSSR count). The van der Waals surface area contributed by atoms with Crippen LogP contribution in [0.25, 0.3) is 0 Å². The van der Waals surface area contributed by atoms with Gasteiger partial charge in [-0.3, -0.25) is 9.89 Å². The Hall–Kier alpha value is -1.91. The molecule has 0 amide bonds. The molecule has 0 saturated carbocycles. The van der Waals surface area contributed by atoms with E-state index >= 15 is 0 Å². The molecule has 0 spiro atoms. The van der Waals surface area contributed by atoms with E-state index < -0.39 is 6.10 Å². The van der Waals surface area contributed by atoms with E-state index in [2.05, 4.69) is 27.7 Å². The maximum absolute atomic E-state index is 13.1. The standard InChI is InChI=1S/C24H33FN4O2.HI/c1-3-26-24(28-17-23(30)19-6-10-20(25)11-7-19)27-16-22(29-14-4-5-15-29)18-8-12-21(31-2)13-9-18;/h6-13,22-23,30H,3-5,14-17H2,1-2H3,(H2,26,27,28);1H. The summed E-state index contributed by atoms with van der Waals surface area (Å²) in [5, 5.41) is 16.9. The van der Waals surface area contributed by atoms with Gasteiger partial charge in [-0.1, -0.05) is 24.3 Å². The lowest BCUT2D eigenvalue weighted by molar-refractivity contribution is 0.180. The van der Waals surface area contributed by atoms with Gasteiger partial charge < -0.3 is 20.5 Å². The van der Waals surface area contributed by atoms with Crippen LogP contribution in [-0.4, -0.2) is 55.8 Å². The van der Waals surface area contributed by atoms with Crippen LogP contribution in [0.5, 0.6) is 5.75 Å². The third kappa shape index (κ3) is 7.60. The number of aliphatic imine (C=N–C) groups is 1. The molecular formula is C24H34FIN4O2. The highest BCUT2D eigenvalue weighted by Crippen LogP contribution is 2.27. The molecule has 0 aliphatic carbocycles. The van der Waals surface area contributed by atoms with Crippen LogP contribution < -0.4 is 15.4 Å². The average molecular weight is 556 g/mol. The number of rotatable bonds is 9. The van der Waals surface area contributed by atoms with Crippen molar-refractivity contribution in [2.24, 2.45) is 4.99 Å². The molecule has 3 N–H and O–H groups in total. The molecule has 2 aromatic rings. The molecule has 176 valence electrons. The molecular weight excluding hydrogens is 522 g/mol. The fraction of sp³-hybridized carbons (Fsp3) is 0.458. The number of methoxy groups -OCH3 is 1. The molecule has 32 heavy (non-hydrogen) atoms. The van der Waals surface area contributed by atoms with Gasteiger partial charge in [0.25, 0.3) is 0 Å². The summed E-state index contributed by atoms with van der Waals surface area (Å²) in [6, 6.07) is 14.3. The van der Waals surface area contributed by atoms with Gasteiger partial charge in [-0.25, -0.2) is 4.39 Å². The molecule has 6 nitrogen and oxygen atoms in total. The van der Waals surface area contributed by atoms with E-state index in [0.717, 1.165) is 25.4 Å². The molecule has 8 heteroatoms. The molecule has 2 unspecified atom stereocenters. The van der Waals surface area contributed by atoms with Crippen LogP contribution in [0.1, 0.15) is 43.0 Å². The minimum atomic E-state index is -0.750. The van der Waals surface area contributed by atoms with E-state index in [1.54, 1.807) is 19.2 Å². The molecule has 0 radical (unpaired) electrons. The fourth-order valence-corrected chi connectivity index (χ4v) is 3.83. The first kappa shape index (κ1) is 26.3. The van der Waals surface area contributed by atoms with Crippen molar-refractivity contribution in [2.45, 2.75) is 31.9 Å². The Morgan fingerprint density at radius 3 is 2.28 bits per heavy atom. The normalized spacial score (nSPS) is 16.2. The monoisotopic (exact) mass is 556 g/mol. The van der Waals surface area contributed by atoms with Crippen LogP contribution in [0, 0.1) is 5.82 Å². The van der Waals surface area contributed by atoms with Crippen molar-refractivity contribution in [2.75, 3.05) is 39.8 Å². The largest absolute Gasteiger partial charge is 0.497 e. The second-order valence-electron chi connectivity index (χ2n) is 7.70.